The second-order valence-corrected chi connectivity index (χ2v) is 3.33. The van der Waals surface area contributed by atoms with Crippen LogP contribution in [-0.2, 0) is 0 Å². The van der Waals surface area contributed by atoms with Crippen LogP contribution in [0.25, 0.3) is 0 Å². The molecule has 0 aliphatic rings. The van der Waals surface area contributed by atoms with Gasteiger partial charge in [0.2, 0.25) is 0 Å². The van der Waals surface area contributed by atoms with Gasteiger partial charge in [0.05, 0.1) is 12.7 Å². The zero-order valence-corrected chi connectivity index (χ0v) is 9.84. The van der Waals surface area contributed by atoms with E-state index >= 15 is 0 Å². The predicted molar refractivity (Wildman–Crippen MR) is 66.4 cm³/mol. The Bertz CT molecular complexity index is 480. The number of hydrogen-bond donors (Lipinski definition) is 1. The molecule has 2 aromatic carbocycles. The van der Waals surface area contributed by atoms with Crippen molar-refractivity contribution in [2.75, 3.05) is 7.11 Å². The highest BCUT2D eigenvalue weighted by molar-refractivity contribution is 5.87. The lowest BCUT2D eigenvalue weighted by atomic mass is 10.2. The van der Waals surface area contributed by atoms with Crippen molar-refractivity contribution in [3.05, 3.63) is 66.0 Å². The van der Waals surface area contributed by atoms with Crippen LogP contribution in [0.2, 0.25) is 0 Å². The smallest absolute Gasteiger partial charge is 0.335 e. The number of rotatable bonds is 2. The first-order valence-electron chi connectivity index (χ1n) is 5.21. The Kier molecular flexibility index (Phi) is 5.38. The zero-order chi connectivity index (χ0) is 13.4. The van der Waals surface area contributed by atoms with E-state index in [0.29, 0.717) is 11.3 Å². The molecular weight excluding hydrogens is 235 g/mol. The minimum Gasteiger partial charge on any atom is -0.497 e. The van der Waals surface area contributed by atoms with Crippen LogP contribution < -0.4 is 4.74 Å². The predicted octanol–water partition coefficient (Wildman–Crippen LogP) is 3.22. The van der Waals surface area contributed by atoms with Gasteiger partial charge in [-0.3, -0.25) is 0 Å². The van der Waals surface area contributed by atoms with E-state index in [1.54, 1.807) is 49.6 Å². The lowest BCUT2D eigenvalue weighted by Gasteiger charge is -1.95. The molecule has 0 aliphatic heterocycles. The number of halogens is 1. The molecule has 18 heavy (non-hydrogen) atoms. The molecule has 0 heterocycles. The van der Waals surface area contributed by atoms with Crippen molar-refractivity contribution in [1.29, 1.82) is 0 Å². The van der Waals surface area contributed by atoms with Gasteiger partial charge in [-0.05, 0) is 36.4 Å². The number of carbonyl (C=O) groups is 1. The summed E-state index contributed by atoms with van der Waals surface area (Å²) >= 11 is 0. The summed E-state index contributed by atoms with van der Waals surface area (Å²) < 4.78 is 17.0. The first-order valence-corrected chi connectivity index (χ1v) is 5.21. The van der Waals surface area contributed by atoms with Crippen LogP contribution in [0.4, 0.5) is 4.39 Å². The van der Waals surface area contributed by atoms with Crippen molar-refractivity contribution >= 4 is 5.97 Å². The van der Waals surface area contributed by atoms with Gasteiger partial charge in [-0.2, -0.15) is 0 Å². The maximum atomic E-state index is 12.2. The normalized spacial score (nSPS) is 9.00. The second kappa shape index (κ2) is 7.06. The van der Waals surface area contributed by atoms with E-state index in [4.69, 9.17) is 9.84 Å². The van der Waals surface area contributed by atoms with Crippen molar-refractivity contribution in [2.45, 2.75) is 0 Å². The zero-order valence-electron chi connectivity index (χ0n) is 9.84. The molecule has 0 saturated heterocycles. The Labute approximate surface area is 104 Å². The van der Waals surface area contributed by atoms with Crippen molar-refractivity contribution in [3.8, 4) is 5.75 Å². The summed E-state index contributed by atoms with van der Waals surface area (Å²) in [6.07, 6.45) is 0. The van der Waals surface area contributed by atoms with Crippen molar-refractivity contribution in [2.24, 2.45) is 0 Å². The minimum atomic E-state index is -0.879. The molecule has 1 N–H and O–H groups in total. The van der Waals surface area contributed by atoms with Gasteiger partial charge in [-0.15, -0.1) is 0 Å². The molecule has 4 heteroatoms. The van der Waals surface area contributed by atoms with Crippen LogP contribution in [0.1, 0.15) is 10.4 Å². The topological polar surface area (TPSA) is 46.5 Å². The van der Waals surface area contributed by atoms with E-state index < -0.39 is 5.97 Å². The molecular formula is C14H13FO3. The highest BCUT2D eigenvalue weighted by atomic mass is 19.1. The number of aromatic carboxylic acids is 1. The fourth-order valence-corrected chi connectivity index (χ4v) is 1.15. The number of benzene rings is 2. The monoisotopic (exact) mass is 248 g/mol. The molecule has 0 spiro atoms. The third-order valence-electron chi connectivity index (χ3n) is 2.07. The summed E-state index contributed by atoms with van der Waals surface area (Å²) in [5.74, 6) is -0.442. The average Bonchev–Trinajstić information content (AvgIpc) is 2.41. The molecule has 0 radical (unpaired) electrons. The van der Waals surface area contributed by atoms with Crippen LogP contribution in [0, 0.1) is 5.82 Å². The van der Waals surface area contributed by atoms with E-state index in [9.17, 15) is 9.18 Å². The Morgan fingerprint density at radius 3 is 2.00 bits per heavy atom. The van der Waals surface area contributed by atoms with E-state index in [1.165, 1.54) is 12.1 Å². The van der Waals surface area contributed by atoms with Crippen LogP contribution in [0.15, 0.2) is 54.6 Å². The van der Waals surface area contributed by atoms with Crippen molar-refractivity contribution < 1.29 is 19.0 Å². The molecule has 0 aromatic heterocycles. The van der Waals surface area contributed by atoms with Gasteiger partial charge >= 0.3 is 5.97 Å². The third-order valence-corrected chi connectivity index (χ3v) is 2.07. The quantitative estimate of drug-likeness (QED) is 0.887. The SMILES string of the molecule is COc1ccc(F)cc1.O=C(O)c1ccccc1. The standard InChI is InChI=1S/C7H7FO.C7H6O2/c1-9-7-4-2-6(8)3-5-7;8-7(9)6-4-2-1-3-5-6/h2-5H,1H3;1-5H,(H,8,9). The summed E-state index contributed by atoms with van der Waals surface area (Å²) in [5.41, 5.74) is 0.331. The molecule has 0 aliphatic carbocycles. The van der Waals surface area contributed by atoms with E-state index in [0.717, 1.165) is 0 Å². The molecule has 0 unspecified atom stereocenters. The summed E-state index contributed by atoms with van der Waals surface area (Å²) in [6.45, 7) is 0. The van der Waals surface area contributed by atoms with Gasteiger partial charge in [0, 0.05) is 0 Å². The van der Waals surface area contributed by atoms with E-state index in [2.05, 4.69) is 0 Å². The van der Waals surface area contributed by atoms with Crippen LogP contribution >= 0.6 is 0 Å². The lowest BCUT2D eigenvalue weighted by molar-refractivity contribution is 0.0697. The Morgan fingerprint density at radius 2 is 1.61 bits per heavy atom. The Morgan fingerprint density at radius 1 is 1.06 bits per heavy atom. The van der Waals surface area contributed by atoms with Gasteiger partial charge < -0.3 is 9.84 Å². The third kappa shape index (κ3) is 4.65. The number of hydrogen-bond acceptors (Lipinski definition) is 2. The molecule has 2 aromatic rings. The van der Waals surface area contributed by atoms with Gasteiger partial charge in [-0.25, -0.2) is 9.18 Å². The first kappa shape index (κ1) is 13.7. The van der Waals surface area contributed by atoms with Crippen LogP contribution in [0.3, 0.4) is 0 Å². The molecule has 0 atom stereocenters. The highest BCUT2D eigenvalue weighted by Gasteiger charge is 1.96. The summed E-state index contributed by atoms with van der Waals surface area (Å²) in [7, 11) is 1.55. The average molecular weight is 248 g/mol. The number of methoxy groups -OCH3 is 1. The molecule has 0 fully saturated rings. The molecule has 0 saturated carbocycles. The van der Waals surface area contributed by atoms with Gasteiger partial charge in [-0.1, -0.05) is 18.2 Å². The second-order valence-electron chi connectivity index (χ2n) is 3.33. The molecule has 3 nitrogen and oxygen atoms in total. The number of carboxylic acids is 1. The van der Waals surface area contributed by atoms with E-state index in [-0.39, 0.29) is 5.82 Å². The molecule has 94 valence electrons. The summed E-state index contributed by atoms with van der Waals surface area (Å²) in [6, 6.07) is 14.2. The number of carboxylic acid groups (broad SMARTS) is 1. The highest BCUT2D eigenvalue weighted by Crippen LogP contribution is 2.09. The summed E-state index contributed by atoms with van der Waals surface area (Å²) in [4.78, 5) is 10.2. The summed E-state index contributed by atoms with van der Waals surface area (Å²) in [5, 5.41) is 8.38. The van der Waals surface area contributed by atoms with Crippen molar-refractivity contribution in [1.82, 2.24) is 0 Å². The first-order chi connectivity index (χ1) is 8.63. The number of ether oxygens (including phenoxy) is 1. The largest absolute Gasteiger partial charge is 0.497 e. The maximum Gasteiger partial charge on any atom is 0.335 e. The van der Waals surface area contributed by atoms with Gasteiger partial charge in [0.1, 0.15) is 11.6 Å². The van der Waals surface area contributed by atoms with Crippen LogP contribution in [0.5, 0.6) is 5.75 Å². The van der Waals surface area contributed by atoms with Crippen LogP contribution in [-0.4, -0.2) is 18.2 Å². The Hall–Kier alpha value is -2.36. The van der Waals surface area contributed by atoms with Gasteiger partial charge in [0.25, 0.3) is 0 Å². The minimum absolute atomic E-state index is 0.240. The fraction of sp³-hybridized carbons (Fsp3) is 0.0714. The Balaban J connectivity index is 0.000000180. The lowest BCUT2D eigenvalue weighted by Crippen LogP contribution is -1.93. The molecule has 0 amide bonds. The van der Waals surface area contributed by atoms with Crippen molar-refractivity contribution in [3.63, 3.8) is 0 Å². The van der Waals surface area contributed by atoms with E-state index in [1.807, 2.05) is 0 Å². The maximum absolute atomic E-state index is 12.2. The molecule has 0 bridgehead atoms. The molecule has 2 rings (SSSR count). The fourth-order valence-electron chi connectivity index (χ4n) is 1.15. The van der Waals surface area contributed by atoms with Gasteiger partial charge in [0.15, 0.2) is 0 Å².